The summed E-state index contributed by atoms with van der Waals surface area (Å²) in [6.45, 7) is 3.84. The summed E-state index contributed by atoms with van der Waals surface area (Å²) in [5.74, 6) is 2.41. The van der Waals surface area contributed by atoms with Gasteiger partial charge in [-0.2, -0.15) is 5.10 Å². The van der Waals surface area contributed by atoms with Crippen LogP contribution in [0.1, 0.15) is 21.9 Å². The van der Waals surface area contributed by atoms with Crippen LogP contribution in [-0.2, 0) is 7.05 Å². The van der Waals surface area contributed by atoms with Gasteiger partial charge in [0.25, 0.3) is 5.91 Å². The average Bonchev–Trinajstić information content (AvgIpc) is 3.50. The molecule has 3 N–H and O–H groups in total. The summed E-state index contributed by atoms with van der Waals surface area (Å²) in [5.41, 5.74) is 3.88. The number of carbonyl (C=O) groups excluding carboxylic acids is 1. The lowest BCUT2D eigenvalue weighted by molar-refractivity contribution is 0.101. The maximum Gasteiger partial charge on any atom is 0.273 e. The molecule has 0 aliphatic carbocycles. The van der Waals surface area contributed by atoms with Crippen molar-refractivity contribution in [1.82, 2.24) is 24.7 Å². The van der Waals surface area contributed by atoms with E-state index in [4.69, 9.17) is 0 Å². The zero-order valence-electron chi connectivity index (χ0n) is 20.0. The highest BCUT2D eigenvalue weighted by Gasteiger charge is 2.15. The van der Waals surface area contributed by atoms with E-state index in [1.165, 1.54) is 0 Å². The topological polar surface area (TPSA) is 110 Å². The molecule has 4 aromatic heterocycles. The highest BCUT2D eigenvalue weighted by molar-refractivity contribution is 7.13. The van der Waals surface area contributed by atoms with Crippen molar-refractivity contribution < 1.29 is 4.79 Å². The van der Waals surface area contributed by atoms with Gasteiger partial charge in [-0.05, 0) is 73.3 Å². The van der Waals surface area contributed by atoms with Crippen LogP contribution in [0.3, 0.4) is 0 Å². The minimum absolute atomic E-state index is 0.222. The number of aromatic nitrogens is 5. The summed E-state index contributed by atoms with van der Waals surface area (Å²) in [5, 5.41) is 15.9. The molecule has 5 aromatic rings. The summed E-state index contributed by atoms with van der Waals surface area (Å²) in [6, 6.07) is 18.9. The molecular weight excluding hydrogens is 472 g/mol. The smallest absolute Gasteiger partial charge is 0.273 e. The fraction of sp³-hybridized carbons (Fsp3) is 0.115. The molecule has 1 amide bonds. The van der Waals surface area contributed by atoms with Crippen LogP contribution in [0.4, 0.5) is 28.8 Å². The third-order valence-electron chi connectivity index (χ3n) is 5.31. The molecule has 0 bridgehead atoms. The monoisotopic (exact) mass is 496 g/mol. The van der Waals surface area contributed by atoms with E-state index in [9.17, 15) is 4.79 Å². The Morgan fingerprint density at radius 1 is 0.889 bits per heavy atom. The Labute approximate surface area is 212 Å². The SMILES string of the molecule is Cc1ccnc(Nc2cc(Nc3ccc(NC(=O)c4cc(-c5cccs5)nn4C)cc3)nc(C)n2)c1. The maximum atomic E-state index is 12.8. The highest BCUT2D eigenvalue weighted by atomic mass is 32.1. The van der Waals surface area contributed by atoms with Crippen LogP contribution >= 0.6 is 11.3 Å². The lowest BCUT2D eigenvalue weighted by atomic mass is 10.2. The quantitative estimate of drug-likeness (QED) is 0.265. The first-order valence-electron chi connectivity index (χ1n) is 11.2. The fourth-order valence-corrected chi connectivity index (χ4v) is 4.32. The highest BCUT2D eigenvalue weighted by Crippen LogP contribution is 2.25. The molecule has 4 heterocycles. The van der Waals surface area contributed by atoms with Crippen molar-refractivity contribution in [3.63, 3.8) is 0 Å². The molecule has 5 rings (SSSR count). The average molecular weight is 497 g/mol. The van der Waals surface area contributed by atoms with Gasteiger partial charge in [-0.1, -0.05) is 6.07 Å². The Bertz CT molecular complexity index is 1510. The molecule has 0 aliphatic heterocycles. The van der Waals surface area contributed by atoms with Gasteiger partial charge in [0, 0.05) is 30.7 Å². The largest absolute Gasteiger partial charge is 0.340 e. The van der Waals surface area contributed by atoms with Crippen molar-refractivity contribution >= 4 is 46.1 Å². The number of rotatable bonds is 7. The Morgan fingerprint density at radius 2 is 1.64 bits per heavy atom. The van der Waals surface area contributed by atoms with Crippen LogP contribution in [0.2, 0.25) is 0 Å². The lowest BCUT2D eigenvalue weighted by Gasteiger charge is -2.11. The van der Waals surface area contributed by atoms with E-state index in [2.05, 4.69) is 36.0 Å². The minimum Gasteiger partial charge on any atom is -0.340 e. The molecule has 0 saturated carbocycles. The van der Waals surface area contributed by atoms with Crippen LogP contribution in [0.15, 0.2) is 72.2 Å². The number of nitrogens with one attached hydrogen (secondary N) is 3. The number of amides is 1. The lowest BCUT2D eigenvalue weighted by Crippen LogP contribution is -2.16. The zero-order valence-corrected chi connectivity index (χ0v) is 20.8. The standard InChI is InChI=1S/C26H24N8OS/c1-16-10-11-27-23(13-16)32-25-15-24(28-17(2)29-25)30-18-6-8-19(9-7-18)31-26(35)21-14-20(33-34(21)3)22-5-4-12-36-22/h4-15H,1-3H3,(H,31,35)(H2,27,28,29,30,32). The first kappa shape index (κ1) is 23.2. The third kappa shape index (κ3) is 5.39. The van der Waals surface area contributed by atoms with E-state index in [0.717, 1.165) is 27.6 Å². The van der Waals surface area contributed by atoms with Crippen molar-refractivity contribution in [2.24, 2.45) is 7.05 Å². The van der Waals surface area contributed by atoms with Gasteiger partial charge in [0.05, 0.1) is 4.88 Å². The number of benzene rings is 1. The number of aryl methyl sites for hydroxylation is 3. The van der Waals surface area contributed by atoms with Crippen LogP contribution in [-0.4, -0.2) is 30.6 Å². The maximum absolute atomic E-state index is 12.8. The van der Waals surface area contributed by atoms with Crippen LogP contribution < -0.4 is 16.0 Å². The van der Waals surface area contributed by atoms with Crippen molar-refractivity contribution in [1.29, 1.82) is 0 Å². The van der Waals surface area contributed by atoms with Gasteiger partial charge in [0.2, 0.25) is 0 Å². The minimum atomic E-state index is -0.222. The number of thiophene rings is 1. The van der Waals surface area contributed by atoms with Crippen molar-refractivity contribution in [3.05, 3.63) is 89.3 Å². The second-order valence-electron chi connectivity index (χ2n) is 8.20. The van der Waals surface area contributed by atoms with E-state index >= 15 is 0 Å². The Morgan fingerprint density at radius 3 is 2.36 bits per heavy atom. The normalized spacial score (nSPS) is 10.8. The van der Waals surface area contributed by atoms with Gasteiger partial charge in [-0.3, -0.25) is 9.48 Å². The number of nitrogens with zero attached hydrogens (tertiary/aromatic N) is 5. The summed E-state index contributed by atoms with van der Waals surface area (Å²) >= 11 is 1.59. The van der Waals surface area contributed by atoms with Gasteiger partial charge >= 0.3 is 0 Å². The van der Waals surface area contributed by atoms with Gasteiger partial charge in [-0.25, -0.2) is 15.0 Å². The van der Waals surface area contributed by atoms with Gasteiger partial charge in [-0.15, -0.1) is 11.3 Å². The molecule has 0 radical (unpaired) electrons. The summed E-state index contributed by atoms with van der Waals surface area (Å²) in [7, 11) is 1.76. The molecule has 0 unspecified atom stereocenters. The molecule has 36 heavy (non-hydrogen) atoms. The molecular formula is C26H24N8OS. The summed E-state index contributed by atoms with van der Waals surface area (Å²) < 4.78 is 1.59. The van der Waals surface area contributed by atoms with E-state index in [-0.39, 0.29) is 5.91 Å². The molecule has 1 aromatic carbocycles. The molecule has 0 saturated heterocycles. The van der Waals surface area contributed by atoms with Crippen molar-refractivity contribution in [3.8, 4) is 10.6 Å². The second kappa shape index (κ2) is 9.96. The number of pyridine rings is 1. The Balaban J connectivity index is 1.25. The van der Waals surface area contributed by atoms with E-state index in [0.29, 0.717) is 28.8 Å². The van der Waals surface area contributed by atoms with Crippen molar-refractivity contribution in [2.45, 2.75) is 13.8 Å². The Hall–Kier alpha value is -4.57. The molecule has 0 fully saturated rings. The molecule has 0 aliphatic rings. The number of hydrogen-bond acceptors (Lipinski definition) is 8. The first-order chi connectivity index (χ1) is 17.4. The number of hydrogen-bond donors (Lipinski definition) is 3. The predicted octanol–water partition coefficient (Wildman–Crippen LogP) is 5.69. The molecule has 10 heteroatoms. The van der Waals surface area contributed by atoms with Crippen LogP contribution in [0.25, 0.3) is 10.6 Å². The zero-order chi connectivity index (χ0) is 25.1. The molecule has 0 atom stereocenters. The van der Waals surface area contributed by atoms with E-state index < -0.39 is 0 Å². The number of anilines is 5. The summed E-state index contributed by atoms with van der Waals surface area (Å²) in [4.78, 5) is 27.1. The van der Waals surface area contributed by atoms with Gasteiger partial charge in [0.1, 0.15) is 34.7 Å². The summed E-state index contributed by atoms with van der Waals surface area (Å²) in [6.07, 6.45) is 1.75. The first-order valence-corrected chi connectivity index (χ1v) is 12.1. The van der Waals surface area contributed by atoms with Gasteiger partial charge < -0.3 is 16.0 Å². The molecule has 180 valence electrons. The molecule has 0 spiro atoms. The Kier molecular flexibility index (Phi) is 6.42. The second-order valence-corrected chi connectivity index (χ2v) is 9.15. The fourth-order valence-electron chi connectivity index (χ4n) is 3.64. The van der Waals surface area contributed by atoms with Crippen LogP contribution in [0, 0.1) is 13.8 Å². The van der Waals surface area contributed by atoms with E-state index in [1.807, 2.05) is 73.8 Å². The number of carbonyl (C=O) groups is 1. The van der Waals surface area contributed by atoms with Crippen LogP contribution in [0.5, 0.6) is 0 Å². The van der Waals surface area contributed by atoms with E-state index in [1.54, 1.807) is 35.3 Å². The predicted molar refractivity (Wildman–Crippen MR) is 143 cm³/mol. The van der Waals surface area contributed by atoms with Crippen molar-refractivity contribution in [2.75, 3.05) is 16.0 Å². The third-order valence-corrected chi connectivity index (χ3v) is 6.20. The van der Waals surface area contributed by atoms with Gasteiger partial charge in [0.15, 0.2) is 0 Å². The molecule has 9 nitrogen and oxygen atoms in total.